The summed E-state index contributed by atoms with van der Waals surface area (Å²) in [5, 5.41) is 0. The number of nitrogens with zero attached hydrogens (tertiary/aromatic N) is 1. The zero-order chi connectivity index (χ0) is 16.0. The minimum atomic E-state index is -0.557. The van der Waals surface area contributed by atoms with Crippen molar-refractivity contribution in [2.75, 3.05) is 20.8 Å². The number of hydrogen-bond donors (Lipinski definition) is 0. The smallest absolute Gasteiger partial charge is 0.410 e. The van der Waals surface area contributed by atoms with Crippen molar-refractivity contribution >= 4 is 6.09 Å². The summed E-state index contributed by atoms with van der Waals surface area (Å²) in [7, 11) is 3.23. The van der Waals surface area contributed by atoms with Gasteiger partial charge in [-0.3, -0.25) is 4.90 Å². The Labute approximate surface area is 134 Å². The van der Waals surface area contributed by atoms with E-state index in [9.17, 15) is 4.79 Å². The van der Waals surface area contributed by atoms with Crippen molar-refractivity contribution < 1.29 is 28.5 Å². The molecule has 0 saturated carbocycles. The number of methoxy groups -OCH3 is 1. The van der Waals surface area contributed by atoms with Crippen LogP contribution in [0.25, 0.3) is 0 Å². The van der Waals surface area contributed by atoms with Gasteiger partial charge in [-0.25, -0.2) is 4.79 Å². The minimum absolute atomic E-state index is 0.330. The lowest BCUT2D eigenvalue weighted by atomic mass is 9.96. The number of hydrogen-bond acceptors (Lipinski definition) is 6. The molecule has 7 nitrogen and oxygen atoms in total. The van der Waals surface area contributed by atoms with Gasteiger partial charge in [0, 0.05) is 19.7 Å². The highest BCUT2D eigenvalue weighted by Gasteiger charge is 2.57. The lowest BCUT2D eigenvalue weighted by Crippen LogP contribution is -2.63. The van der Waals surface area contributed by atoms with Crippen molar-refractivity contribution in [1.82, 2.24) is 4.90 Å². The van der Waals surface area contributed by atoms with Crippen molar-refractivity contribution in [2.24, 2.45) is 0 Å². The molecule has 0 radical (unpaired) electrons. The lowest BCUT2D eigenvalue weighted by Gasteiger charge is -2.46. The van der Waals surface area contributed by atoms with E-state index >= 15 is 0 Å². The highest BCUT2D eigenvalue weighted by molar-refractivity contribution is 5.70. The predicted molar refractivity (Wildman–Crippen MR) is 77.5 cm³/mol. The molecular formula is C16H19NO6. The van der Waals surface area contributed by atoms with Crippen LogP contribution in [0.4, 0.5) is 4.79 Å². The average molecular weight is 321 g/mol. The lowest BCUT2D eigenvalue weighted by molar-refractivity contribution is -0.337. The molecule has 3 fully saturated rings. The fourth-order valence-corrected chi connectivity index (χ4v) is 3.40. The standard InChI is InChI=1S/C16H19NO6/c1-17-11-13(23-16(17)18)12-10(21-15(11)19-2)8-20-14(22-12)9-6-4-3-5-7-9/h3-7,10-15H,8H2,1-2H3/t10-,11-,12-,13-,14?,15+/m1/s1. The second kappa shape index (κ2) is 5.76. The molecule has 3 saturated heterocycles. The van der Waals surface area contributed by atoms with Gasteiger partial charge in [0.25, 0.3) is 0 Å². The van der Waals surface area contributed by atoms with Crippen LogP contribution in [-0.4, -0.2) is 62.4 Å². The van der Waals surface area contributed by atoms with E-state index in [2.05, 4.69) is 0 Å². The average Bonchev–Trinajstić information content (AvgIpc) is 2.90. The van der Waals surface area contributed by atoms with Gasteiger partial charge in [0.05, 0.1) is 6.61 Å². The molecule has 0 spiro atoms. The molecular weight excluding hydrogens is 302 g/mol. The van der Waals surface area contributed by atoms with Crippen LogP contribution >= 0.6 is 0 Å². The Bertz CT molecular complexity index is 581. The Balaban J connectivity index is 1.59. The Morgan fingerprint density at radius 3 is 2.70 bits per heavy atom. The molecule has 7 heteroatoms. The highest BCUT2D eigenvalue weighted by atomic mass is 16.8. The minimum Gasteiger partial charge on any atom is -0.441 e. The maximum absolute atomic E-state index is 11.9. The number of amides is 1. The SMILES string of the molecule is CO[C@H]1O[C@@H]2COC(c3ccccc3)O[C@H]2[C@@H]2OC(=O)N(C)[C@@H]12. The van der Waals surface area contributed by atoms with Crippen LogP contribution in [-0.2, 0) is 23.7 Å². The summed E-state index contributed by atoms with van der Waals surface area (Å²) in [6.45, 7) is 0.356. The van der Waals surface area contributed by atoms with E-state index < -0.39 is 24.8 Å². The molecule has 0 aromatic heterocycles. The van der Waals surface area contributed by atoms with E-state index in [1.165, 1.54) is 4.90 Å². The van der Waals surface area contributed by atoms with Crippen molar-refractivity contribution in [3.63, 3.8) is 0 Å². The van der Waals surface area contributed by atoms with E-state index in [1.807, 2.05) is 30.3 Å². The van der Waals surface area contributed by atoms with Crippen LogP contribution < -0.4 is 0 Å². The molecule has 3 aliphatic heterocycles. The molecule has 4 rings (SSSR count). The topological polar surface area (TPSA) is 66.5 Å². The van der Waals surface area contributed by atoms with E-state index in [1.54, 1.807) is 14.2 Å². The Kier molecular flexibility index (Phi) is 3.73. The second-order valence-corrected chi connectivity index (χ2v) is 5.91. The number of rotatable bonds is 2. The van der Waals surface area contributed by atoms with E-state index in [0.717, 1.165) is 5.56 Å². The van der Waals surface area contributed by atoms with E-state index in [0.29, 0.717) is 6.61 Å². The number of benzene rings is 1. The van der Waals surface area contributed by atoms with Gasteiger partial charge in [-0.2, -0.15) is 0 Å². The predicted octanol–water partition coefficient (Wildman–Crippen LogP) is 1.29. The summed E-state index contributed by atoms with van der Waals surface area (Å²) < 4.78 is 28.6. The Morgan fingerprint density at radius 1 is 1.17 bits per heavy atom. The van der Waals surface area contributed by atoms with Gasteiger partial charge in [0.15, 0.2) is 18.7 Å². The first-order valence-electron chi connectivity index (χ1n) is 7.63. The molecule has 6 atom stereocenters. The third kappa shape index (κ3) is 2.40. The molecule has 3 heterocycles. The summed E-state index contributed by atoms with van der Waals surface area (Å²) in [6.07, 6.45) is -2.60. The van der Waals surface area contributed by atoms with Crippen molar-refractivity contribution in [2.45, 2.75) is 36.9 Å². The molecule has 3 aliphatic rings. The fraction of sp³-hybridized carbons (Fsp3) is 0.562. The van der Waals surface area contributed by atoms with Gasteiger partial charge >= 0.3 is 6.09 Å². The van der Waals surface area contributed by atoms with Crippen LogP contribution in [0.15, 0.2) is 30.3 Å². The largest absolute Gasteiger partial charge is 0.441 e. The molecule has 0 bridgehead atoms. The van der Waals surface area contributed by atoms with Crippen LogP contribution in [0.3, 0.4) is 0 Å². The number of likely N-dealkylation sites (N-methyl/N-ethyl adjacent to an activating group) is 1. The molecule has 23 heavy (non-hydrogen) atoms. The summed E-state index contributed by atoms with van der Waals surface area (Å²) in [5.41, 5.74) is 0.925. The van der Waals surface area contributed by atoms with Crippen LogP contribution in [0, 0.1) is 0 Å². The first kappa shape index (κ1) is 14.9. The number of carbonyl (C=O) groups excluding carboxylic acids is 1. The molecule has 0 N–H and O–H groups in total. The zero-order valence-electron chi connectivity index (χ0n) is 13.0. The Hall–Kier alpha value is -1.67. The third-order valence-corrected chi connectivity index (χ3v) is 4.58. The van der Waals surface area contributed by atoms with Crippen LogP contribution in [0.5, 0.6) is 0 Å². The summed E-state index contributed by atoms with van der Waals surface area (Å²) in [5.74, 6) is 0. The van der Waals surface area contributed by atoms with Gasteiger partial charge < -0.3 is 23.7 Å². The molecule has 1 unspecified atom stereocenters. The van der Waals surface area contributed by atoms with Crippen molar-refractivity contribution in [1.29, 1.82) is 0 Å². The Morgan fingerprint density at radius 2 is 1.96 bits per heavy atom. The summed E-state index contributed by atoms with van der Waals surface area (Å²) in [6, 6.07) is 9.35. The molecule has 1 aromatic carbocycles. The fourth-order valence-electron chi connectivity index (χ4n) is 3.40. The van der Waals surface area contributed by atoms with E-state index in [-0.39, 0.29) is 18.2 Å². The first-order chi connectivity index (χ1) is 11.2. The number of ether oxygens (including phenoxy) is 5. The number of fused-ring (bicyclic) bond motifs is 3. The van der Waals surface area contributed by atoms with Crippen molar-refractivity contribution in [3.05, 3.63) is 35.9 Å². The van der Waals surface area contributed by atoms with Gasteiger partial charge in [-0.1, -0.05) is 30.3 Å². The maximum atomic E-state index is 11.9. The third-order valence-electron chi connectivity index (χ3n) is 4.58. The second-order valence-electron chi connectivity index (χ2n) is 5.91. The van der Waals surface area contributed by atoms with Gasteiger partial charge in [-0.15, -0.1) is 0 Å². The van der Waals surface area contributed by atoms with Crippen LogP contribution in [0.2, 0.25) is 0 Å². The quantitative estimate of drug-likeness (QED) is 0.818. The van der Waals surface area contributed by atoms with Gasteiger partial charge in [0.1, 0.15) is 18.2 Å². The molecule has 124 valence electrons. The van der Waals surface area contributed by atoms with Crippen molar-refractivity contribution in [3.8, 4) is 0 Å². The van der Waals surface area contributed by atoms with Gasteiger partial charge in [0.2, 0.25) is 0 Å². The first-order valence-corrected chi connectivity index (χ1v) is 7.63. The van der Waals surface area contributed by atoms with E-state index in [4.69, 9.17) is 23.7 Å². The highest BCUT2D eigenvalue weighted by Crippen LogP contribution is 2.39. The molecule has 0 aliphatic carbocycles. The molecule has 1 amide bonds. The number of carbonyl (C=O) groups is 1. The normalized spacial score (nSPS) is 39.6. The monoisotopic (exact) mass is 321 g/mol. The maximum Gasteiger partial charge on any atom is 0.410 e. The van der Waals surface area contributed by atoms with Crippen LogP contribution in [0.1, 0.15) is 11.9 Å². The van der Waals surface area contributed by atoms with Gasteiger partial charge in [-0.05, 0) is 0 Å². The molecule has 1 aromatic rings. The zero-order valence-corrected chi connectivity index (χ0v) is 13.0. The summed E-state index contributed by atoms with van der Waals surface area (Å²) >= 11 is 0. The summed E-state index contributed by atoms with van der Waals surface area (Å²) in [4.78, 5) is 13.4.